The molecule has 0 unspecified atom stereocenters. The predicted octanol–water partition coefficient (Wildman–Crippen LogP) is 1.84. The molecule has 21 heavy (non-hydrogen) atoms. The maximum Gasteiger partial charge on any atom is 0.118 e. The topological polar surface area (TPSA) is 78.1 Å². The lowest BCUT2D eigenvalue weighted by atomic mass is 10.2. The van der Waals surface area contributed by atoms with Crippen LogP contribution in [-0.4, -0.2) is 22.6 Å². The van der Waals surface area contributed by atoms with Crippen LogP contribution in [0.15, 0.2) is 62.7 Å². The number of aliphatic imine (C=N–C) groups is 2. The highest BCUT2D eigenvalue weighted by Crippen LogP contribution is 2.21. The molecule has 6 nitrogen and oxygen atoms in total. The zero-order valence-corrected chi connectivity index (χ0v) is 10.9. The van der Waals surface area contributed by atoms with Crippen LogP contribution in [0.25, 0.3) is 11.0 Å². The van der Waals surface area contributed by atoms with Crippen molar-refractivity contribution < 1.29 is 0 Å². The second-order valence-electron chi connectivity index (χ2n) is 4.47. The van der Waals surface area contributed by atoms with Gasteiger partial charge >= 0.3 is 0 Å². The lowest BCUT2D eigenvalue weighted by Gasteiger charge is -1.91. The van der Waals surface area contributed by atoms with Crippen molar-refractivity contribution in [1.82, 2.24) is 9.97 Å². The molecule has 0 saturated heterocycles. The average Bonchev–Trinajstić information content (AvgIpc) is 3.26. The van der Waals surface area contributed by atoms with Crippen molar-refractivity contribution in [3.8, 4) is 0 Å². The molecule has 2 aliphatic heterocycles. The summed E-state index contributed by atoms with van der Waals surface area (Å²) in [4.78, 5) is 23.4. The van der Waals surface area contributed by atoms with Crippen molar-refractivity contribution in [3.05, 3.63) is 53.4 Å². The summed E-state index contributed by atoms with van der Waals surface area (Å²) in [6.45, 7) is 0. The molecule has 0 fully saturated rings. The van der Waals surface area contributed by atoms with Gasteiger partial charge in [-0.2, -0.15) is 0 Å². The Labute approximate surface area is 119 Å². The Morgan fingerprint density at radius 3 is 2.10 bits per heavy atom. The second kappa shape index (κ2) is 4.75. The molecule has 0 amide bonds. The molecule has 1 aromatic heterocycles. The first-order chi connectivity index (χ1) is 10.4. The van der Waals surface area contributed by atoms with Gasteiger partial charge in [0.1, 0.15) is 24.1 Å². The number of benzene rings is 2. The van der Waals surface area contributed by atoms with E-state index < -0.39 is 0 Å². The Hall–Kier alpha value is -3.15. The number of aromatic nitrogens is 2. The fraction of sp³-hybridized carbons (Fsp3) is 0. The summed E-state index contributed by atoms with van der Waals surface area (Å²) < 4.78 is 0. The van der Waals surface area contributed by atoms with Crippen LogP contribution < -0.4 is 10.7 Å². The number of hydrogen-bond acceptors (Lipinski definition) is 5. The molecule has 0 aliphatic carbocycles. The van der Waals surface area contributed by atoms with Gasteiger partial charge in [-0.1, -0.05) is 12.1 Å². The van der Waals surface area contributed by atoms with Crippen LogP contribution in [0.3, 0.4) is 0 Å². The van der Waals surface area contributed by atoms with E-state index in [9.17, 15) is 0 Å². The van der Waals surface area contributed by atoms with E-state index >= 15 is 0 Å². The van der Waals surface area contributed by atoms with Gasteiger partial charge in [-0.05, 0) is 24.3 Å². The molecule has 0 atom stereocenters. The number of H-pyrrole nitrogens is 1. The van der Waals surface area contributed by atoms with E-state index in [1.54, 1.807) is 19.0 Å². The van der Waals surface area contributed by atoms with Crippen molar-refractivity contribution in [2.24, 2.45) is 20.0 Å². The quantitative estimate of drug-likeness (QED) is 0.667. The lowest BCUT2D eigenvalue weighted by Crippen LogP contribution is -2.06. The highest BCUT2D eigenvalue weighted by Gasteiger charge is 2.10. The Kier molecular flexibility index (Phi) is 2.64. The molecule has 3 aromatic rings. The number of rotatable bonds is 0. The van der Waals surface area contributed by atoms with Crippen LogP contribution in [0, 0.1) is 0 Å². The summed E-state index contributed by atoms with van der Waals surface area (Å²) in [6, 6.07) is 11.7. The van der Waals surface area contributed by atoms with Crippen LogP contribution in [-0.2, 0) is 0 Å². The summed E-state index contributed by atoms with van der Waals surface area (Å²) in [7, 11) is 0. The van der Waals surface area contributed by atoms with E-state index in [0.29, 0.717) is 0 Å². The van der Waals surface area contributed by atoms with Crippen molar-refractivity contribution in [1.29, 1.82) is 0 Å². The van der Waals surface area contributed by atoms with E-state index in [1.807, 2.05) is 36.4 Å². The van der Waals surface area contributed by atoms with Gasteiger partial charge in [-0.3, -0.25) is 0 Å². The number of hydrogen-bond donors (Lipinski definition) is 1. The fourth-order valence-electron chi connectivity index (χ4n) is 2.20. The van der Waals surface area contributed by atoms with E-state index in [-0.39, 0.29) is 0 Å². The summed E-state index contributed by atoms with van der Waals surface area (Å²) >= 11 is 0. The van der Waals surface area contributed by atoms with Gasteiger partial charge in [0.05, 0.1) is 28.1 Å². The molecular weight excluding hydrogens is 264 g/mol. The van der Waals surface area contributed by atoms with Crippen LogP contribution >= 0.6 is 0 Å². The first-order valence-corrected chi connectivity index (χ1v) is 6.44. The summed E-state index contributed by atoms with van der Waals surface area (Å²) in [5.41, 5.74) is 3.80. The molecule has 2 aromatic carbocycles. The van der Waals surface area contributed by atoms with Gasteiger partial charge in [-0.25, -0.2) is 25.0 Å². The summed E-state index contributed by atoms with van der Waals surface area (Å²) in [5, 5.41) is 1.76. The molecule has 6 heteroatoms. The normalized spacial score (nSPS) is 13.1. The molecule has 0 saturated carbocycles. The van der Waals surface area contributed by atoms with Crippen molar-refractivity contribution in [2.75, 3.05) is 0 Å². The van der Waals surface area contributed by atoms with Gasteiger partial charge in [0.25, 0.3) is 0 Å². The number of nitrogens with zero attached hydrogens (tertiary/aromatic N) is 5. The van der Waals surface area contributed by atoms with E-state index in [4.69, 9.17) is 0 Å². The van der Waals surface area contributed by atoms with Crippen LogP contribution in [0.2, 0.25) is 0 Å². The molecule has 0 spiro atoms. The molecule has 2 aliphatic rings. The Morgan fingerprint density at radius 1 is 0.762 bits per heavy atom. The third kappa shape index (κ3) is 2.02. The maximum atomic E-state index is 4.11. The van der Waals surface area contributed by atoms with E-state index in [1.165, 1.54) is 0 Å². The first-order valence-electron chi connectivity index (χ1n) is 6.44. The lowest BCUT2D eigenvalue weighted by molar-refractivity contribution is 1.34. The molecule has 3 heterocycles. The number of fused-ring (bicyclic) bond motifs is 4. The van der Waals surface area contributed by atoms with E-state index in [0.717, 1.165) is 33.1 Å². The predicted molar refractivity (Wildman–Crippen MR) is 81.2 cm³/mol. The number of nitrogens with one attached hydrogen (secondary N) is 1. The Bertz CT molecular complexity index is 917. The SMILES string of the molecule is C1=Nc2c3c(ccc2=N1)=NC=N3.c1ccc2[nH]cnc2c1. The van der Waals surface area contributed by atoms with Crippen molar-refractivity contribution in [3.63, 3.8) is 0 Å². The number of aromatic amines is 1. The van der Waals surface area contributed by atoms with Crippen molar-refractivity contribution >= 4 is 35.1 Å². The highest BCUT2D eigenvalue weighted by molar-refractivity contribution is 5.79. The van der Waals surface area contributed by atoms with Gasteiger partial charge < -0.3 is 4.98 Å². The van der Waals surface area contributed by atoms with Gasteiger partial charge in [0.15, 0.2) is 0 Å². The molecule has 5 rings (SSSR count). The third-order valence-corrected chi connectivity index (χ3v) is 3.20. The fourth-order valence-corrected chi connectivity index (χ4v) is 2.20. The minimum Gasteiger partial charge on any atom is -0.345 e. The Balaban J connectivity index is 0.000000115. The largest absolute Gasteiger partial charge is 0.345 e. The molecule has 0 radical (unpaired) electrons. The van der Waals surface area contributed by atoms with Crippen molar-refractivity contribution in [2.45, 2.75) is 0 Å². The monoisotopic (exact) mass is 274 g/mol. The maximum absolute atomic E-state index is 4.11. The van der Waals surface area contributed by atoms with Gasteiger partial charge in [-0.15, -0.1) is 0 Å². The minimum atomic E-state index is 0.838. The van der Waals surface area contributed by atoms with Gasteiger partial charge in [0, 0.05) is 0 Å². The Morgan fingerprint density at radius 2 is 1.43 bits per heavy atom. The van der Waals surface area contributed by atoms with Crippen LogP contribution in [0.4, 0.5) is 11.4 Å². The zero-order chi connectivity index (χ0) is 14.1. The molecule has 1 N–H and O–H groups in total. The summed E-state index contributed by atoms with van der Waals surface area (Å²) in [6.07, 6.45) is 4.78. The molecule has 100 valence electrons. The zero-order valence-electron chi connectivity index (χ0n) is 10.9. The van der Waals surface area contributed by atoms with Crippen LogP contribution in [0.1, 0.15) is 0 Å². The average molecular weight is 274 g/mol. The number of para-hydroxylation sites is 2. The summed E-state index contributed by atoms with van der Waals surface area (Å²) in [5.74, 6) is 0. The minimum absolute atomic E-state index is 0.838. The third-order valence-electron chi connectivity index (χ3n) is 3.20. The molecule has 0 bridgehead atoms. The molecular formula is C15H10N6. The second-order valence-corrected chi connectivity index (χ2v) is 4.47. The number of imidazole rings is 1. The first kappa shape index (κ1) is 11.7. The van der Waals surface area contributed by atoms with Gasteiger partial charge in [0.2, 0.25) is 0 Å². The van der Waals surface area contributed by atoms with E-state index in [2.05, 4.69) is 29.9 Å². The highest BCUT2D eigenvalue weighted by atomic mass is 15.0. The standard InChI is InChI=1S/C8H4N4.C7H6N2/c1-2-6-8(12-4-10-6)7-5(1)9-3-11-7;1-2-4-7-6(3-1)8-5-9-7/h1-4H;1-5H,(H,8,9). The smallest absolute Gasteiger partial charge is 0.118 e. The van der Waals surface area contributed by atoms with Crippen LogP contribution in [0.5, 0.6) is 0 Å².